The van der Waals surface area contributed by atoms with Gasteiger partial charge in [-0.05, 0) is 31.2 Å². The Hall–Kier alpha value is -3.22. The van der Waals surface area contributed by atoms with Crippen LogP contribution in [0.4, 0.5) is 0 Å². The Morgan fingerprint density at radius 3 is 2.67 bits per heavy atom. The molecule has 27 heavy (non-hydrogen) atoms. The lowest BCUT2D eigenvalue weighted by Gasteiger charge is -2.18. The molecule has 0 aromatic carbocycles. The van der Waals surface area contributed by atoms with Crippen LogP contribution < -0.4 is 0 Å². The van der Waals surface area contributed by atoms with Crippen molar-refractivity contribution in [1.82, 2.24) is 34.3 Å². The van der Waals surface area contributed by atoms with Crippen molar-refractivity contribution in [1.29, 1.82) is 0 Å². The number of rotatable bonds is 6. The summed E-state index contributed by atoms with van der Waals surface area (Å²) < 4.78 is 4.12. The number of pyridine rings is 1. The van der Waals surface area contributed by atoms with Gasteiger partial charge in [0.1, 0.15) is 0 Å². The predicted octanol–water partition coefficient (Wildman–Crippen LogP) is 3.45. The molecule has 0 unspecified atom stereocenters. The summed E-state index contributed by atoms with van der Waals surface area (Å²) in [4.78, 5) is 16.6. The zero-order valence-electron chi connectivity index (χ0n) is 15.7. The van der Waals surface area contributed by atoms with Crippen molar-refractivity contribution in [2.45, 2.75) is 39.2 Å². The average molecular weight is 361 g/mol. The van der Waals surface area contributed by atoms with Gasteiger partial charge in [-0.25, -0.2) is 14.6 Å². The van der Waals surface area contributed by atoms with Crippen LogP contribution in [0.5, 0.6) is 0 Å². The second-order valence-corrected chi connectivity index (χ2v) is 6.98. The molecule has 4 rings (SSSR count). The normalized spacial score (nSPS) is 12.6. The lowest BCUT2D eigenvalue weighted by Crippen LogP contribution is -2.18. The lowest BCUT2D eigenvalue weighted by atomic mass is 10.1. The van der Waals surface area contributed by atoms with Gasteiger partial charge in [0.05, 0.1) is 18.1 Å². The molecular formula is C20H23N7. The third-order valence-electron chi connectivity index (χ3n) is 4.54. The molecule has 0 saturated heterocycles. The molecule has 7 heteroatoms. The molecular weight excluding hydrogens is 338 g/mol. The molecule has 0 fully saturated rings. The van der Waals surface area contributed by atoms with Gasteiger partial charge in [0.2, 0.25) is 0 Å². The quantitative estimate of drug-likeness (QED) is 0.571. The molecule has 0 radical (unpaired) electrons. The zero-order valence-corrected chi connectivity index (χ0v) is 15.7. The van der Waals surface area contributed by atoms with E-state index >= 15 is 0 Å². The van der Waals surface area contributed by atoms with Gasteiger partial charge in [-0.15, -0.1) is 0 Å². The van der Waals surface area contributed by atoms with E-state index in [1.165, 1.54) is 0 Å². The minimum atomic E-state index is -0.00563. The van der Waals surface area contributed by atoms with Crippen molar-refractivity contribution in [3.8, 4) is 5.69 Å². The van der Waals surface area contributed by atoms with E-state index in [2.05, 4.69) is 45.8 Å². The van der Waals surface area contributed by atoms with Crippen LogP contribution in [0.2, 0.25) is 0 Å². The highest BCUT2D eigenvalue weighted by Crippen LogP contribution is 2.25. The van der Waals surface area contributed by atoms with E-state index in [4.69, 9.17) is 10.1 Å². The van der Waals surface area contributed by atoms with Gasteiger partial charge in [0.15, 0.2) is 11.6 Å². The number of aromatic nitrogens is 7. The molecule has 7 nitrogen and oxygen atoms in total. The number of aromatic amines is 1. The SMILES string of the molecule is Cc1cc(-n2nc(C(C)C)nc2[C@H](Cc2cnc[nH]2)n2cccc2)ccn1. The van der Waals surface area contributed by atoms with Gasteiger partial charge in [0.25, 0.3) is 0 Å². The van der Waals surface area contributed by atoms with Crippen LogP contribution in [-0.2, 0) is 6.42 Å². The standard InChI is InChI=1S/C20H23N7/c1-14(2)19-24-20(27(25-19)17-6-7-22-15(3)10-17)18(26-8-4-5-9-26)11-16-12-21-13-23-16/h4-10,12-14,18H,11H2,1-3H3,(H,21,23)/t18-/m0/s1. The zero-order chi connectivity index (χ0) is 18.8. The second-order valence-electron chi connectivity index (χ2n) is 6.98. The summed E-state index contributed by atoms with van der Waals surface area (Å²) >= 11 is 0. The Kier molecular flexibility index (Phi) is 4.58. The van der Waals surface area contributed by atoms with Gasteiger partial charge in [0, 0.05) is 48.5 Å². The van der Waals surface area contributed by atoms with Crippen molar-refractivity contribution in [2.75, 3.05) is 0 Å². The molecule has 0 aliphatic carbocycles. The van der Waals surface area contributed by atoms with Crippen molar-refractivity contribution in [3.05, 3.63) is 78.4 Å². The Balaban J connectivity index is 1.85. The smallest absolute Gasteiger partial charge is 0.155 e. The van der Waals surface area contributed by atoms with E-state index in [0.29, 0.717) is 0 Å². The summed E-state index contributed by atoms with van der Waals surface area (Å²) in [6, 6.07) is 8.05. The van der Waals surface area contributed by atoms with E-state index in [1.54, 1.807) is 6.33 Å². The molecule has 0 aliphatic heterocycles. The minimum absolute atomic E-state index is 0.00563. The topological polar surface area (TPSA) is 77.2 Å². The number of imidazole rings is 1. The molecule has 0 bridgehead atoms. The van der Waals surface area contributed by atoms with Crippen LogP contribution in [-0.4, -0.2) is 34.3 Å². The lowest BCUT2D eigenvalue weighted by molar-refractivity contribution is 0.530. The van der Waals surface area contributed by atoms with Crippen LogP contribution in [0.3, 0.4) is 0 Å². The fourth-order valence-corrected chi connectivity index (χ4v) is 3.14. The fraction of sp³-hybridized carbons (Fsp3) is 0.300. The molecule has 1 N–H and O–H groups in total. The summed E-state index contributed by atoms with van der Waals surface area (Å²) in [5.41, 5.74) is 2.98. The van der Waals surface area contributed by atoms with Crippen molar-refractivity contribution >= 4 is 0 Å². The van der Waals surface area contributed by atoms with Gasteiger partial charge in [-0.2, -0.15) is 5.10 Å². The number of hydrogen-bond donors (Lipinski definition) is 1. The molecule has 0 amide bonds. The Labute approximate surface area is 158 Å². The summed E-state index contributed by atoms with van der Waals surface area (Å²) in [6.07, 6.45) is 10.2. The van der Waals surface area contributed by atoms with Crippen LogP contribution >= 0.6 is 0 Å². The highest BCUT2D eigenvalue weighted by Gasteiger charge is 2.24. The van der Waals surface area contributed by atoms with Gasteiger partial charge in [-0.1, -0.05) is 13.8 Å². The first-order chi connectivity index (χ1) is 13.1. The molecule has 4 aromatic heterocycles. The van der Waals surface area contributed by atoms with Gasteiger partial charge in [-0.3, -0.25) is 4.98 Å². The van der Waals surface area contributed by atoms with E-state index in [9.17, 15) is 0 Å². The second kappa shape index (κ2) is 7.19. The summed E-state index contributed by atoms with van der Waals surface area (Å²) in [5.74, 6) is 1.97. The van der Waals surface area contributed by atoms with Crippen LogP contribution in [0.15, 0.2) is 55.4 Å². The first-order valence-electron chi connectivity index (χ1n) is 9.11. The van der Waals surface area contributed by atoms with Crippen molar-refractivity contribution in [3.63, 3.8) is 0 Å². The number of nitrogens with one attached hydrogen (secondary N) is 1. The predicted molar refractivity (Wildman–Crippen MR) is 103 cm³/mol. The molecule has 0 saturated carbocycles. The van der Waals surface area contributed by atoms with Gasteiger partial charge < -0.3 is 9.55 Å². The number of aryl methyl sites for hydroxylation is 1. The maximum Gasteiger partial charge on any atom is 0.155 e. The third-order valence-corrected chi connectivity index (χ3v) is 4.54. The molecule has 4 heterocycles. The Bertz CT molecular complexity index is 997. The van der Waals surface area contributed by atoms with Gasteiger partial charge >= 0.3 is 0 Å². The first-order valence-corrected chi connectivity index (χ1v) is 9.11. The third kappa shape index (κ3) is 3.53. The number of H-pyrrole nitrogens is 1. The minimum Gasteiger partial charge on any atom is -0.348 e. The van der Waals surface area contributed by atoms with Crippen molar-refractivity contribution in [2.24, 2.45) is 0 Å². The Morgan fingerprint density at radius 1 is 1.19 bits per heavy atom. The Morgan fingerprint density at radius 2 is 2.00 bits per heavy atom. The summed E-state index contributed by atoms with van der Waals surface area (Å²) in [6.45, 7) is 6.21. The van der Waals surface area contributed by atoms with E-state index in [0.717, 1.165) is 35.1 Å². The average Bonchev–Trinajstić information content (AvgIpc) is 3.40. The van der Waals surface area contributed by atoms with E-state index in [1.807, 2.05) is 48.3 Å². The molecule has 0 aliphatic rings. The van der Waals surface area contributed by atoms with Crippen LogP contribution in [0, 0.1) is 6.92 Å². The summed E-state index contributed by atoms with van der Waals surface area (Å²) in [7, 11) is 0. The number of nitrogens with zero attached hydrogens (tertiary/aromatic N) is 6. The summed E-state index contributed by atoms with van der Waals surface area (Å²) in [5, 5.41) is 4.82. The molecule has 138 valence electrons. The van der Waals surface area contributed by atoms with Crippen LogP contribution in [0.25, 0.3) is 5.69 Å². The first kappa shape index (κ1) is 17.2. The van der Waals surface area contributed by atoms with E-state index in [-0.39, 0.29) is 12.0 Å². The molecule has 0 spiro atoms. The number of hydrogen-bond acceptors (Lipinski definition) is 4. The maximum absolute atomic E-state index is 4.93. The molecule has 4 aromatic rings. The highest BCUT2D eigenvalue weighted by molar-refractivity contribution is 5.33. The monoisotopic (exact) mass is 361 g/mol. The van der Waals surface area contributed by atoms with Crippen LogP contribution in [0.1, 0.15) is 48.8 Å². The van der Waals surface area contributed by atoms with E-state index < -0.39 is 0 Å². The molecule has 1 atom stereocenters. The van der Waals surface area contributed by atoms with Crippen molar-refractivity contribution < 1.29 is 0 Å². The maximum atomic E-state index is 4.93. The highest BCUT2D eigenvalue weighted by atomic mass is 15.4. The largest absolute Gasteiger partial charge is 0.348 e. The fourth-order valence-electron chi connectivity index (χ4n) is 3.14.